The van der Waals surface area contributed by atoms with E-state index in [1.807, 2.05) is 6.07 Å². The van der Waals surface area contributed by atoms with Gasteiger partial charge in [0.1, 0.15) is 11.6 Å². The highest BCUT2D eigenvalue weighted by Crippen LogP contribution is 2.32. The summed E-state index contributed by atoms with van der Waals surface area (Å²) in [5.41, 5.74) is 1.39. The average Bonchev–Trinajstić information content (AvgIpc) is 2.58. The lowest BCUT2D eigenvalue weighted by atomic mass is 9.82. The Hall–Kier alpha value is -2.56. The standard InChI is InChI=1S/C18H21N3O2/c22-16-10-11-17(19-12-16)21-18(23)20-15-8-6-14(7-9-15)13-4-2-1-3-5-13/h1-5,10-12,14-15,22H,6-9H2,(H2,19,20,21,23)/t14-,15-. The molecule has 1 aromatic heterocycles. The Labute approximate surface area is 135 Å². The molecule has 0 spiro atoms. The van der Waals surface area contributed by atoms with Crippen LogP contribution in [0.4, 0.5) is 10.6 Å². The lowest BCUT2D eigenvalue weighted by molar-refractivity contribution is 0.242. The molecule has 1 aliphatic rings. The molecule has 0 aliphatic heterocycles. The lowest BCUT2D eigenvalue weighted by Gasteiger charge is -2.29. The molecule has 23 heavy (non-hydrogen) atoms. The first kappa shape index (κ1) is 15.3. The number of amides is 2. The summed E-state index contributed by atoms with van der Waals surface area (Å²) in [4.78, 5) is 15.9. The highest BCUT2D eigenvalue weighted by molar-refractivity contribution is 5.88. The maximum Gasteiger partial charge on any atom is 0.320 e. The van der Waals surface area contributed by atoms with E-state index in [-0.39, 0.29) is 17.8 Å². The number of aromatic nitrogens is 1. The largest absolute Gasteiger partial charge is 0.506 e. The summed E-state index contributed by atoms with van der Waals surface area (Å²) in [7, 11) is 0. The second-order valence-corrected chi connectivity index (χ2v) is 5.96. The van der Waals surface area contributed by atoms with Crippen molar-refractivity contribution >= 4 is 11.8 Å². The van der Waals surface area contributed by atoms with Gasteiger partial charge in [0.2, 0.25) is 0 Å². The number of nitrogens with zero attached hydrogens (tertiary/aromatic N) is 1. The number of rotatable bonds is 3. The molecule has 3 rings (SSSR count). The van der Waals surface area contributed by atoms with Crippen LogP contribution in [-0.2, 0) is 0 Å². The summed E-state index contributed by atoms with van der Waals surface area (Å²) >= 11 is 0. The van der Waals surface area contributed by atoms with E-state index in [4.69, 9.17) is 0 Å². The Balaban J connectivity index is 1.47. The molecule has 2 amide bonds. The van der Waals surface area contributed by atoms with Crippen molar-refractivity contribution in [1.82, 2.24) is 10.3 Å². The maximum atomic E-state index is 12.0. The summed E-state index contributed by atoms with van der Waals surface area (Å²) in [6.45, 7) is 0. The molecule has 0 unspecified atom stereocenters. The van der Waals surface area contributed by atoms with Crippen molar-refractivity contribution in [2.45, 2.75) is 37.6 Å². The number of carbonyl (C=O) groups excluding carboxylic acids is 1. The summed E-state index contributed by atoms with van der Waals surface area (Å²) < 4.78 is 0. The minimum Gasteiger partial charge on any atom is -0.506 e. The number of carbonyl (C=O) groups is 1. The van der Waals surface area contributed by atoms with Crippen LogP contribution in [0.2, 0.25) is 0 Å². The van der Waals surface area contributed by atoms with E-state index in [2.05, 4.69) is 39.9 Å². The molecule has 120 valence electrons. The fraction of sp³-hybridized carbons (Fsp3) is 0.333. The van der Waals surface area contributed by atoms with Crippen molar-refractivity contribution in [3.8, 4) is 5.75 Å². The van der Waals surface area contributed by atoms with Crippen LogP contribution in [0.5, 0.6) is 5.75 Å². The molecule has 0 bridgehead atoms. The van der Waals surface area contributed by atoms with Crippen molar-refractivity contribution in [2.75, 3.05) is 5.32 Å². The smallest absolute Gasteiger partial charge is 0.320 e. The van der Waals surface area contributed by atoms with Gasteiger partial charge in [-0.1, -0.05) is 30.3 Å². The van der Waals surface area contributed by atoms with Gasteiger partial charge in [0.15, 0.2) is 0 Å². The Morgan fingerprint density at radius 1 is 1.04 bits per heavy atom. The molecule has 0 saturated heterocycles. The van der Waals surface area contributed by atoms with Gasteiger partial charge < -0.3 is 10.4 Å². The molecule has 1 saturated carbocycles. The predicted molar refractivity (Wildman–Crippen MR) is 89.5 cm³/mol. The van der Waals surface area contributed by atoms with E-state index in [1.54, 1.807) is 6.07 Å². The van der Waals surface area contributed by atoms with Gasteiger partial charge in [-0.3, -0.25) is 5.32 Å². The number of benzene rings is 1. The Morgan fingerprint density at radius 2 is 1.78 bits per heavy atom. The quantitative estimate of drug-likeness (QED) is 0.810. The van der Waals surface area contributed by atoms with E-state index in [9.17, 15) is 9.90 Å². The first-order valence-corrected chi connectivity index (χ1v) is 7.98. The molecular weight excluding hydrogens is 290 g/mol. The first-order valence-electron chi connectivity index (χ1n) is 7.98. The number of aromatic hydroxyl groups is 1. The van der Waals surface area contributed by atoms with Crippen molar-refractivity contribution in [2.24, 2.45) is 0 Å². The second kappa shape index (κ2) is 7.13. The molecule has 5 nitrogen and oxygen atoms in total. The maximum absolute atomic E-state index is 12.0. The number of anilines is 1. The van der Waals surface area contributed by atoms with Crippen molar-refractivity contribution in [3.63, 3.8) is 0 Å². The summed E-state index contributed by atoms with van der Waals surface area (Å²) in [5, 5.41) is 14.9. The van der Waals surface area contributed by atoms with Gasteiger partial charge in [-0.2, -0.15) is 0 Å². The van der Waals surface area contributed by atoms with Crippen LogP contribution >= 0.6 is 0 Å². The summed E-state index contributed by atoms with van der Waals surface area (Å²) in [6, 6.07) is 13.6. The number of hydrogen-bond acceptors (Lipinski definition) is 3. The minimum absolute atomic E-state index is 0.0789. The highest BCUT2D eigenvalue weighted by Gasteiger charge is 2.23. The molecule has 1 heterocycles. The third-order valence-corrected chi connectivity index (χ3v) is 4.32. The van der Waals surface area contributed by atoms with Gasteiger partial charge in [-0.25, -0.2) is 9.78 Å². The van der Waals surface area contributed by atoms with Gasteiger partial charge in [0, 0.05) is 6.04 Å². The highest BCUT2D eigenvalue weighted by atomic mass is 16.3. The molecule has 2 aromatic rings. The molecule has 0 atom stereocenters. The topological polar surface area (TPSA) is 74.2 Å². The van der Waals surface area contributed by atoms with Crippen LogP contribution in [0, 0.1) is 0 Å². The van der Waals surface area contributed by atoms with Crippen LogP contribution in [0.1, 0.15) is 37.2 Å². The summed E-state index contributed by atoms with van der Waals surface area (Å²) in [6.07, 6.45) is 5.45. The predicted octanol–water partition coefficient (Wildman–Crippen LogP) is 3.64. The Bertz CT molecular complexity index is 635. The fourth-order valence-electron chi connectivity index (χ4n) is 3.09. The number of hydrogen-bond donors (Lipinski definition) is 3. The second-order valence-electron chi connectivity index (χ2n) is 5.96. The van der Waals surface area contributed by atoms with Crippen molar-refractivity contribution in [3.05, 3.63) is 54.2 Å². The lowest BCUT2D eigenvalue weighted by Crippen LogP contribution is -2.40. The van der Waals surface area contributed by atoms with Crippen molar-refractivity contribution < 1.29 is 9.90 Å². The fourth-order valence-corrected chi connectivity index (χ4v) is 3.09. The van der Waals surface area contributed by atoms with E-state index >= 15 is 0 Å². The zero-order chi connectivity index (χ0) is 16.1. The first-order chi connectivity index (χ1) is 11.2. The number of urea groups is 1. The molecule has 3 N–H and O–H groups in total. The van der Waals surface area contributed by atoms with E-state index in [0.717, 1.165) is 25.7 Å². The van der Waals surface area contributed by atoms with Gasteiger partial charge in [-0.15, -0.1) is 0 Å². The molecule has 0 radical (unpaired) electrons. The zero-order valence-corrected chi connectivity index (χ0v) is 12.9. The molecule has 5 heteroatoms. The third kappa shape index (κ3) is 4.22. The van der Waals surface area contributed by atoms with Gasteiger partial charge >= 0.3 is 6.03 Å². The van der Waals surface area contributed by atoms with E-state index in [0.29, 0.717) is 11.7 Å². The number of nitrogens with one attached hydrogen (secondary N) is 2. The monoisotopic (exact) mass is 311 g/mol. The van der Waals surface area contributed by atoms with E-state index in [1.165, 1.54) is 17.8 Å². The number of pyridine rings is 1. The van der Waals surface area contributed by atoms with Gasteiger partial charge in [0.25, 0.3) is 0 Å². The third-order valence-electron chi connectivity index (χ3n) is 4.32. The Kier molecular flexibility index (Phi) is 4.76. The van der Waals surface area contributed by atoms with Crippen molar-refractivity contribution in [1.29, 1.82) is 0 Å². The van der Waals surface area contributed by atoms with Crippen LogP contribution in [0.15, 0.2) is 48.7 Å². The normalized spacial score (nSPS) is 20.7. The van der Waals surface area contributed by atoms with Crippen LogP contribution < -0.4 is 10.6 Å². The van der Waals surface area contributed by atoms with Crippen LogP contribution in [0.25, 0.3) is 0 Å². The SMILES string of the molecule is O=C(Nc1ccc(O)cn1)N[C@H]1CC[C@H](c2ccccc2)CC1. The minimum atomic E-state index is -0.244. The van der Waals surface area contributed by atoms with Gasteiger partial charge in [-0.05, 0) is 49.3 Å². The Morgan fingerprint density at radius 3 is 2.43 bits per heavy atom. The van der Waals surface area contributed by atoms with Gasteiger partial charge in [0.05, 0.1) is 6.20 Å². The zero-order valence-electron chi connectivity index (χ0n) is 12.9. The average molecular weight is 311 g/mol. The van der Waals surface area contributed by atoms with Crippen LogP contribution in [0.3, 0.4) is 0 Å². The van der Waals surface area contributed by atoms with E-state index < -0.39 is 0 Å². The molecule has 1 aromatic carbocycles. The summed E-state index contributed by atoms with van der Waals surface area (Å²) in [5.74, 6) is 1.10. The molecular formula is C18H21N3O2. The molecule has 1 fully saturated rings. The molecule has 1 aliphatic carbocycles. The van der Waals surface area contributed by atoms with Crippen LogP contribution in [-0.4, -0.2) is 22.2 Å².